The largest absolute Gasteiger partial charge is 0.450 e. The number of thiazole rings is 1. The third-order valence-corrected chi connectivity index (χ3v) is 3.91. The molecule has 0 unspecified atom stereocenters. The molecule has 0 saturated carbocycles. The quantitative estimate of drug-likeness (QED) is 0.896. The third kappa shape index (κ3) is 4.07. The predicted octanol–water partition coefficient (Wildman–Crippen LogP) is 2.19. The minimum atomic E-state index is -0.502. The number of nitrogens with one attached hydrogen (secondary N) is 2. The Kier molecular flexibility index (Phi) is 5.00. The fourth-order valence-electron chi connectivity index (χ4n) is 2.02. The maximum atomic E-state index is 12.0. The summed E-state index contributed by atoms with van der Waals surface area (Å²) < 4.78 is 4.82. The van der Waals surface area contributed by atoms with E-state index in [-0.39, 0.29) is 12.1 Å². The van der Waals surface area contributed by atoms with Crippen LogP contribution in [0.1, 0.15) is 31.3 Å². The van der Waals surface area contributed by atoms with Crippen LogP contribution in [-0.2, 0) is 17.7 Å². The van der Waals surface area contributed by atoms with Crippen LogP contribution < -0.4 is 10.6 Å². The van der Waals surface area contributed by atoms with Crippen molar-refractivity contribution >= 4 is 28.6 Å². The van der Waals surface area contributed by atoms with Crippen LogP contribution >= 0.6 is 11.3 Å². The van der Waals surface area contributed by atoms with E-state index in [0.29, 0.717) is 31.2 Å². The number of hydrogen-bond donors (Lipinski definition) is 2. The Bertz CT molecular complexity index is 529. The molecule has 0 radical (unpaired) electrons. The predicted molar refractivity (Wildman–Crippen MR) is 80.5 cm³/mol. The molecule has 7 nitrogen and oxygen atoms in total. The molecule has 2 N–H and O–H groups in total. The standard InChI is InChI=1S/C13H20N4O3S/c1-4-20-13(19)16-11-15-9-5-6-17(7-10(9)21-11)12(18)14-8(2)3/h8H,4-7H2,1-3H3,(H,14,18)(H,15,16,19). The summed E-state index contributed by atoms with van der Waals surface area (Å²) >= 11 is 1.38. The van der Waals surface area contributed by atoms with Crippen molar-refractivity contribution in [1.82, 2.24) is 15.2 Å². The van der Waals surface area contributed by atoms with Crippen LogP contribution in [0.25, 0.3) is 0 Å². The van der Waals surface area contributed by atoms with Crippen molar-refractivity contribution < 1.29 is 14.3 Å². The molecule has 0 bridgehead atoms. The van der Waals surface area contributed by atoms with E-state index in [0.717, 1.165) is 10.6 Å². The van der Waals surface area contributed by atoms with E-state index >= 15 is 0 Å². The van der Waals surface area contributed by atoms with Gasteiger partial charge in [-0.2, -0.15) is 0 Å². The van der Waals surface area contributed by atoms with Crippen LogP contribution in [0.2, 0.25) is 0 Å². The van der Waals surface area contributed by atoms with Crippen LogP contribution in [0.5, 0.6) is 0 Å². The van der Waals surface area contributed by atoms with Gasteiger partial charge < -0.3 is 15.0 Å². The number of hydrogen-bond acceptors (Lipinski definition) is 5. The molecule has 8 heteroatoms. The lowest BCUT2D eigenvalue weighted by Crippen LogP contribution is -2.44. The summed E-state index contributed by atoms with van der Waals surface area (Å²) in [6.45, 7) is 7.09. The Labute approximate surface area is 127 Å². The highest BCUT2D eigenvalue weighted by atomic mass is 32.1. The minimum absolute atomic E-state index is 0.0658. The first kappa shape index (κ1) is 15.6. The van der Waals surface area contributed by atoms with Crippen LogP contribution in [0.3, 0.4) is 0 Å². The first-order valence-electron chi connectivity index (χ1n) is 6.97. The molecular formula is C13H20N4O3S. The summed E-state index contributed by atoms with van der Waals surface area (Å²) in [6.07, 6.45) is 0.194. The first-order chi connectivity index (χ1) is 9.99. The van der Waals surface area contributed by atoms with Gasteiger partial charge in [-0.25, -0.2) is 14.6 Å². The van der Waals surface area contributed by atoms with Crippen molar-refractivity contribution in [3.05, 3.63) is 10.6 Å². The second kappa shape index (κ2) is 6.75. The van der Waals surface area contributed by atoms with Gasteiger partial charge in [-0.3, -0.25) is 5.32 Å². The molecule has 0 fully saturated rings. The number of nitrogens with zero attached hydrogens (tertiary/aromatic N) is 2. The third-order valence-electron chi connectivity index (χ3n) is 2.92. The number of carbonyl (C=O) groups excluding carboxylic acids is 2. The van der Waals surface area contributed by atoms with Gasteiger partial charge in [0.05, 0.1) is 18.8 Å². The highest BCUT2D eigenvalue weighted by Gasteiger charge is 2.24. The fraction of sp³-hybridized carbons (Fsp3) is 0.615. The lowest BCUT2D eigenvalue weighted by atomic mass is 10.2. The first-order valence-corrected chi connectivity index (χ1v) is 7.79. The average molecular weight is 312 g/mol. The van der Waals surface area contributed by atoms with Crippen molar-refractivity contribution in [2.75, 3.05) is 18.5 Å². The van der Waals surface area contributed by atoms with Gasteiger partial charge in [0.1, 0.15) is 0 Å². The second-order valence-electron chi connectivity index (χ2n) is 5.01. The molecule has 0 saturated heterocycles. The molecule has 2 rings (SSSR count). The molecule has 3 amide bonds. The molecule has 0 atom stereocenters. The summed E-state index contributed by atoms with van der Waals surface area (Å²) in [5.41, 5.74) is 0.945. The minimum Gasteiger partial charge on any atom is -0.450 e. The van der Waals surface area contributed by atoms with Gasteiger partial charge in [-0.05, 0) is 20.8 Å². The molecule has 116 valence electrons. The van der Waals surface area contributed by atoms with Gasteiger partial charge in [-0.1, -0.05) is 11.3 Å². The van der Waals surface area contributed by atoms with Crippen LogP contribution in [0.15, 0.2) is 0 Å². The molecule has 1 aliphatic heterocycles. The number of fused-ring (bicyclic) bond motifs is 1. The van der Waals surface area contributed by atoms with Crippen LogP contribution in [-0.4, -0.2) is 41.2 Å². The lowest BCUT2D eigenvalue weighted by Gasteiger charge is -2.27. The van der Waals surface area contributed by atoms with Gasteiger partial charge in [0.15, 0.2) is 5.13 Å². The normalized spacial score (nSPS) is 13.8. The zero-order valence-electron chi connectivity index (χ0n) is 12.4. The van der Waals surface area contributed by atoms with Crippen molar-refractivity contribution in [3.8, 4) is 0 Å². The fourth-order valence-corrected chi connectivity index (χ4v) is 3.02. The molecule has 0 aromatic carbocycles. The van der Waals surface area contributed by atoms with E-state index in [1.165, 1.54) is 11.3 Å². The summed E-state index contributed by atoms with van der Waals surface area (Å²) in [5, 5.41) is 6.00. The van der Waals surface area contributed by atoms with Gasteiger partial charge in [0.2, 0.25) is 0 Å². The van der Waals surface area contributed by atoms with Crippen LogP contribution in [0.4, 0.5) is 14.7 Å². The molecule has 1 aromatic heterocycles. The Balaban J connectivity index is 1.99. The van der Waals surface area contributed by atoms with E-state index in [1.54, 1.807) is 11.8 Å². The molecule has 0 spiro atoms. The van der Waals surface area contributed by atoms with Gasteiger partial charge in [0.25, 0.3) is 0 Å². The maximum absolute atomic E-state index is 12.0. The van der Waals surface area contributed by atoms with Crippen molar-refractivity contribution in [1.29, 1.82) is 0 Å². The lowest BCUT2D eigenvalue weighted by molar-refractivity contribution is 0.168. The Morgan fingerprint density at radius 2 is 2.24 bits per heavy atom. The summed E-state index contributed by atoms with van der Waals surface area (Å²) in [7, 11) is 0. The SMILES string of the molecule is CCOC(=O)Nc1nc2c(s1)CN(C(=O)NC(C)C)CC2. The molecule has 0 aliphatic carbocycles. The summed E-state index contributed by atoms with van der Waals surface area (Å²) in [5.74, 6) is 0. The zero-order chi connectivity index (χ0) is 15.4. The Hall–Kier alpha value is -1.83. The van der Waals surface area contributed by atoms with Crippen LogP contribution in [0, 0.1) is 0 Å². The molecule has 21 heavy (non-hydrogen) atoms. The number of rotatable bonds is 3. The van der Waals surface area contributed by atoms with Gasteiger partial charge >= 0.3 is 12.1 Å². The zero-order valence-corrected chi connectivity index (χ0v) is 13.2. The molecule has 1 aliphatic rings. The van der Waals surface area contributed by atoms with Crippen molar-refractivity contribution in [3.63, 3.8) is 0 Å². The van der Waals surface area contributed by atoms with Gasteiger partial charge in [0, 0.05) is 23.9 Å². The summed E-state index contributed by atoms with van der Waals surface area (Å²) in [6, 6.07) is 0.0466. The number of urea groups is 1. The van der Waals surface area contributed by atoms with Crippen molar-refractivity contribution in [2.45, 2.75) is 39.8 Å². The van der Waals surface area contributed by atoms with Crippen molar-refractivity contribution in [2.24, 2.45) is 0 Å². The van der Waals surface area contributed by atoms with E-state index in [9.17, 15) is 9.59 Å². The number of anilines is 1. The number of amides is 3. The van der Waals surface area contributed by atoms with Gasteiger partial charge in [-0.15, -0.1) is 0 Å². The van der Waals surface area contributed by atoms with E-state index < -0.39 is 6.09 Å². The smallest absolute Gasteiger partial charge is 0.413 e. The summed E-state index contributed by atoms with van der Waals surface area (Å²) in [4.78, 5) is 30.5. The van der Waals surface area contributed by atoms with E-state index in [2.05, 4.69) is 15.6 Å². The highest BCUT2D eigenvalue weighted by molar-refractivity contribution is 7.15. The molecular weight excluding hydrogens is 292 g/mol. The number of carbonyl (C=O) groups is 2. The second-order valence-corrected chi connectivity index (χ2v) is 6.09. The molecule has 2 heterocycles. The average Bonchev–Trinajstić information content (AvgIpc) is 2.78. The van der Waals surface area contributed by atoms with E-state index in [4.69, 9.17) is 4.74 Å². The Morgan fingerprint density at radius 1 is 1.48 bits per heavy atom. The molecule has 1 aromatic rings. The number of aromatic nitrogens is 1. The highest BCUT2D eigenvalue weighted by Crippen LogP contribution is 2.28. The number of ether oxygens (including phenoxy) is 1. The Morgan fingerprint density at radius 3 is 2.90 bits per heavy atom. The maximum Gasteiger partial charge on any atom is 0.413 e. The topological polar surface area (TPSA) is 83.6 Å². The van der Waals surface area contributed by atoms with E-state index in [1.807, 2.05) is 13.8 Å². The monoisotopic (exact) mass is 312 g/mol.